The molecular weight excluding hydrogens is 231 g/mol. The third-order valence-corrected chi connectivity index (χ3v) is 2.87. The molecule has 2 rings (SSSR count). The zero-order valence-corrected chi connectivity index (χ0v) is 10.4. The van der Waals surface area contributed by atoms with Crippen molar-refractivity contribution >= 4 is 10.9 Å². The number of benzene rings is 1. The van der Waals surface area contributed by atoms with E-state index in [4.69, 9.17) is 5.11 Å². The first-order valence-corrected chi connectivity index (χ1v) is 6.05. The number of nitrogens with zero attached hydrogens (tertiary/aromatic N) is 1. The largest absolute Gasteiger partial charge is 0.396 e. The van der Waals surface area contributed by atoms with Crippen molar-refractivity contribution in [2.75, 3.05) is 13.2 Å². The molecule has 0 aliphatic heterocycles. The molecule has 0 aliphatic rings. The maximum Gasteiger partial charge on any atom is 0.124 e. The van der Waals surface area contributed by atoms with Crippen LogP contribution in [-0.2, 0) is 6.54 Å². The van der Waals surface area contributed by atoms with Gasteiger partial charge in [-0.05, 0) is 29.7 Å². The summed E-state index contributed by atoms with van der Waals surface area (Å²) in [6.45, 7) is 3.35. The van der Waals surface area contributed by atoms with Crippen LogP contribution in [0.25, 0.3) is 10.9 Å². The van der Waals surface area contributed by atoms with E-state index in [1.54, 1.807) is 12.3 Å². The van der Waals surface area contributed by atoms with E-state index in [2.05, 4.69) is 10.3 Å². The molecule has 18 heavy (non-hydrogen) atoms. The van der Waals surface area contributed by atoms with Crippen molar-refractivity contribution in [3.05, 3.63) is 41.8 Å². The molecule has 96 valence electrons. The molecule has 0 radical (unpaired) electrons. The van der Waals surface area contributed by atoms with Gasteiger partial charge in [-0.3, -0.25) is 4.98 Å². The predicted molar refractivity (Wildman–Crippen MR) is 69.7 cm³/mol. The first-order chi connectivity index (χ1) is 8.70. The monoisotopic (exact) mass is 248 g/mol. The van der Waals surface area contributed by atoms with E-state index < -0.39 is 0 Å². The average Bonchev–Trinajstić information content (AvgIpc) is 2.38. The number of aromatic nitrogens is 1. The van der Waals surface area contributed by atoms with Gasteiger partial charge in [-0.2, -0.15) is 0 Å². The van der Waals surface area contributed by atoms with Gasteiger partial charge in [-0.25, -0.2) is 4.39 Å². The minimum absolute atomic E-state index is 0.148. The van der Waals surface area contributed by atoms with Crippen LogP contribution in [0.15, 0.2) is 30.5 Å². The Balaban J connectivity index is 2.17. The summed E-state index contributed by atoms with van der Waals surface area (Å²) in [6, 6.07) is 6.65. The number of rotatable bonds is 5. The number of hydrogen-bond donors (Lipinski definition) is 2. The third kappa shape index (κ3) is 3.03. The predicted octanol–water partition coefficient (Wildman–Crippen LogP) is 2.09. The second-order valence-electron chi connectivity index (χ2n) is 4.56. The molecule has 1 atom stereocenters. The molecule has 3 nitrogen and oxygen atoms in total. The topological polar surface area (TPSA) is 45.1 Å². The quantitative estimate of drug-likeness (QED) is 0.851. The molecule has 0 bridgehead atoms. The Morgan fingerprint density at radius 1 is 1.44 bits per heavy atom. The fraction of sp³-hybridized carbons (Fsp3) is 0.357. The average molecular weight is 248 g/mol. The van der Waals surface area contributed by atoms with Crippen molar-refractivity contribution in [2.45, 2.75) is 13.5 Å². The van der Waals surface area contributed by atoms with Crippen LogP contribution in [0.2, 0.25) is 0 Å². The molecule has 1 aromatic carbocycles. The lowest BCUT2D eigenvalue weighted by Gasteiger charge is -2.11. The summed E-state index contributed by atoms with van der Waals surface area (Å²) >= 11 is 0. The van der Waals surface area contributed by atoms with E-state index in [-0.39, 0.29) is 18.3 Å². The number of aliphatic hydroxyl groups excluding tert-OH is 1. The van der Waals surface area contributed by atoms with Gasteiger partial charge in [-0.1, -0.05) is 13.0 Å². The molecule has 0 aliphatic carbocycles. The number of nitrogens with one attached hydrogen (secondary N) is 1. The minimum atomic E-state index is -0.248. The highest BCUT2D eigenvalue weighted by Gasteiger charge is 2.06. The molecule has 1 unspecified atom stereocenters. The van der Waals surface area contributed by atoms with Crippen LogP contribution in [0, 0.1) is 11.7 Å². The van der Waals surface area contributed by atoms with Crippen LogP contribution in [-0.4, -0.2) is 23.2 Å². The molecule has 0 fully saturated rings. The van der Waals surface area contributed by atoms with E-state index in [1.807, 2.05) is 13.0 Å². The van der Waals surface area contributed by atoms with Gasteiger partial charge in [0.05, 0.1) is 5.52 Å². The Morgan fingerprint density at radius 3 is 3.06 bits per heavy atom. The van der Waals surface area contributed by atoms with E-state index in [0.717, 1.165) is 16.5 Å². The second kappa shape index (κ2) is 5.89. The first kappa shape index (κ1) is 12.9. The van der Waals surface area contributed by atoms with Gasteiger partial charge in [0.1, 0.15) is 5.82 Å². The zero-order valence-electron chi connectivity index (χ0n) is 10.4. The van der Waals surface area contributed by atoms with Gasteiger partial charge < -0.3 is 10.4 Å². The standard InChI is InChI=1S/C14H17FN2O/c1-10(9-18)7-16-8-12-6-13(15)5-11-3-2-4-17-14(11)12/h2-6,10,16,18H,7-9H2,1H3. The normalized spacial score (nSPS) is 12.8. The van der Waals surface area contributed by atoms with Crippen LogP contribution in [0.3, 0.4) is 0 Å². The second-order valence-corrected chi connectivity index (χ2v) is 4.56. The molecule has 1 heterocycles. The van der Waals surface area contributed by atoms with Crippen molar-refractivity contribution in [1.29, 1.82) is 0 Å². The van der Waals surface area contributed by atoms with E-state index in [0.29, 0.717) is 13.1 Å². The summed E-state index contributed by atoms with van der Waals surface area (Å²) in [5, 5.41) is 13.0. The SMILES string of the molecule is CC(CO)CNCc1cc(F)cc2cccnc12. The van der Waals surface area contributed by atoms with E-state index in [1.165, 1.54) is 12.1 Å². The van der Waals surface area contributed by atoms with E-state index >= 15 is 0 Å². The summed E-state index contributed by atoms with van der Waals surface area (Å²) in [5.74, 6) is -0.0553. The molecule has 1 aromatic heterocycles. The fourth-order valence-corrected chi connectivity index (χ4v) is 1.88. The van der Waals surface area contributed by atoms with Crippen LogP contribution >= 0.6 is 0 Å². The van der Waals surface area contributed by atoms with Crippen LogP contribution in [0.1, 0.15) is 12.5 Å². The van der Waals surface area contributed by atoms with Crippen molar-refractivity contribution in [3.8, 4) is 0 Å². The highest BCUT2D eigenvalue weighted by molar-refractivity contribution is 5.81. The Bertz CT molecular complexity index is 530. The maximum absolute atomic E-state index is 13.5. The highest BCUT2D eigenvalue weighted by atomic mass is 19.1. The lowest BCUT2D eigenvalue weighted by Crippen LogP contribution is -2.23. The van der Waals surface area contributed by atoms with Crippen molar-refractivity contribution in [3.63, 3.8) is 0 Å². The smallest absolute Gasteiger partial charge is 0.124 e. The highest BCUT2D eigenvalue weighted by Crippen LogP contribution is 2.18. The van der Waals surface area contributed by atoms with Crippen LogP contribution in [0.5, 0.6) is 0 Å². The van der Waals surface area contributed by atoms with Gasteiger partial charge >= 0.3 is 0 Å². The lowest BCUT2D eigenvalue weighted by molar-refractivity contribution is 0.233. The van der Waals surface area contributed by atoms with Gasteiger partial charge in [0.25, 0.3) is 0 Å². The summed E-state index contributed by atoms with van der Waals surface area (Å²) in [5.41, 5.74) is 1.67. The molecule has 4 heteroatoms. The molecule has 0 spiro atoms. The Hall–Kier alpha value is -1.52. The minimum Gasteiger partial charge on any atom is -0.396 e. The number of fused-ring (bicyclic) bond motifs is 1. The molecule has 2 N–H and O–H groups in total. The lowest BCUT2D eigenvalue weighted by atomic mass is 10.1. The van der Waals surface area contributed by atoms with Gasteiger partial charge in [-0.15, -0.1) is 0 Å². The Morgan fingerprint density at radius 2 is 2.28 bits per heavy atom. The fourth-order valence-electron chi connectivity index (χ4n) is 1.88. The van der Waals surface area contributed by atoms with E-state index in [9.17, 15) is 4.39 Å². The number of aliphatic hydroxyl groups is 1. The summed E-state index contributed by atoms with van der Waals surface area (Å²) in [7, 11) is 0. The van der Waals surface area contributed by atoms with Crippen LogP contribution in [0.4, 0.5) is 4.39 Å². The van der Waals surface area contributed by atoms with Crippen molar-refractivity contribution in [2.24, 2.45) is 5.92 Å². The van der Waals surface area contributed by atoms with Crippen molar-refractivity contribution < 1.29 is 9.50 Å². The van der Waals surface area contributed by atoms with Crippen LogP contribution < -0.4 is 5.32 Å². The Labute approximate surface area is 106 Å². The number of hydrogen-bond acceptors (Lipinski definition) is 3. The van der Waals surface area contributed by atoms with Gasteiger partial charge in [0, 0.05) is 31.3 Å². The number of pyridine rings is 1. The summed E-state index contributed by atoms with van der Waals surface area (Å²) < 4.78 is 13.5. The summed E-state index contributed by atoms with van der Waals surface area (Å²) in [4.78, 5) is 4.28. The van der Waals surface area contributed by atoms with Gasteiger partial charge in [0.15, 0.2) is 0 Å². The third-order valence-electron chi connectivity index (χ3n) is 2.87. The molecule has 2 aromatic rings. The molecule has 0 saturated heterocycles. The first-order valence-electron chi connectivity index (χ1n) is 6.05. The summed E-state index contributed by atoms with van der Waals surface area (Å²) in [6.07, 6.45) is 1.71. The van der Waals surface area contributed by atoms with Crippen molar-refractivity contribution in [1.82, 2.24) is 10.3 Å². The molecular formula is C14H17FN2O. The molecule has 0 amide bonds. The maximum atomic E-state index is 13.5. The molecule has 0 saturated carbocycles. The zero-order chi connectivity index (χ0) is 13.0. The Kier molecular flexibility index (Phi) is 4.23. The number of halogens is 1. The van der Waals surface area contributed by atoms with Gasteiger partial charge in [0.2, 0.25) is 0 Å².